The van der Waals surface area contributed by atoms with Crippen LogP contribution >= 0.6 is 0 Å². The van der Waals surface area contributed by atoms with Gasteiger partial charge in [-0.25, -0.2) is 22.2 Å². The summed E-state index contributed by atoms with van der Waals surface area (Å²) >= 11 is 0. The van der Waals surface area contributed by atoms with Crippen LogP contribution in [0.4, 0.5) is 33.5 Å². The number of aromatic nitrogens is 1. The first-order valence-electron chi connectivity index (χ1n) is 10.4. The van der Waals surface area contributed by atoms with Gasteiger partial charge < -0.3 is 15.4 Å². The molecule has 1 atom stereocenters. The number of amides is 1. The van der Waals surface area contributed by atoms with E-state index in [1.807, 2.05) is 0 Å². The number of pyridine rings is 1. The van der Waals surface area contributed by atoms with Crippen molar-refractivity contribution in [2.75, 3.05) is 18.4 Å². The molecule has 14 heteroatoms. The number of aryl methyl sites for hydroxylation is 1. The normalized spacial score (nSPS) is 18.7. The molecular weight excluding hydrogens is 499 g/mol. The van der Waals surface area contributed by atoms with Gasteiger partial charge in [-0.05, 0) is 37.1 Å². The number of alkyl halides is 5. The van der Waals surface area contributed by atoms with Gasteiger partial charge in [0, 0.05) is 43.9 Å². The van der Waals surface area contributed by atoms with Gasteiger partial charge in [-0.2, -0.15) is 4.31 Å². The van der Waals surface area contributed by atoms with Gasteiger partial charge in [-0.15, -0.1) is 13.2 Å². The molecule has 1 aliphatic rings. The number of nitrogens with zero attached hydrogens (tertiary/aromatic N) is 2. The second kappa shape index (κ2) is 9.93. The van der Waals surface area contributed by atoms with Gasteiger partial charge in [0.25, 0.3) is 5.92 Å². The molecule has 1 aliphatic heterocycles. The van der Waals surface area contributed by atoms with E-state index in [0.29, 0.717) is 4.31 Å². The third kappa shape index (κ3) is 7.01. The minimum Gasteiger partial charge on any atom is -0.406 e. The Kier molecular flexibility index (Phi) is 7.55. The van der Waals surface area contributed by atoms with Crippen molar-refractivity contribution in [2.45, 2.75) is 49.9 Å². The Morgan fingerprint density at radius 3 is 2.63 bits per heavy atom. The number of benzene rings is 1. The number of nitrogens with one attached hydrogen (secondary N) is 2. The smallest absolute Gasteiger partial charge is 0.406 e. The zero-order valence-corrected chi connectivity index (χ0v) is 19.5. The van der Waals surface area contributed by atoms with E-state index in [0.717, 1.165) is 18.3 Å². The summed E-state index contributed by atoms with van der Waals surface area (Å²) < 4.78 is 97.3. The molecule has 2 heterocycles. The van der Waals surface area contributed by atoms with Crippen LogP contribution in [-0.4, -0.2) is 55.0 Å². The molecule has 0 bridgehead atoms. The third-order valence-corrected chi connectivity index (χ3v) is 7.28. The van der Waals surface area contributed by atoms with Crippen LogP contribution in [0.15, 0.2) is 41.4 Å². The van der Waals surface area contributed by atoms with Crippen molar-refractivity contribution in [1.82, 2.24) is 14.6 Å². The molecule has 1 fully saturated rings. The van der Waals surface area contributed by atoms with Crippen molar-refractivity contribution < 1.29 is 39.9 Å². The van der Waals surface area contributed by atoms with Gasteiger partial charge >= 0.3 is 6.36 Å². The molecule has 192 valence electrons. The Morgan fingerprint density at radius 2 is 1.97 bits per heavy atom. The standard InChI is InChI=1S/C21H23F5N4O4S/c1-13-3-4-15(29-19-10-17(6-8-27-19)34-21(24,25)26)9-18(13)35(32,33)30-12-20(22,23)7-5-16(30)11-28-14(2)31/h3-4,6,8-10,16H,5,7,11-12H2,1-2H3,(H,27,29)(H,28,31)/t16-/m1/s1. The summed E-state index contributed by atoms with van der Waals surface area (Å²) in [4.78, 5) is 14.9. The molecule has 1 aromatic carbocycles. The van der Waals surface area contributed by atoms with Crippen LogP contribution in [-0.2, 0) is 14.8 Å². The first-order chi connectivity index (χ1) is 16.2. The van der Waals surface area contributed by atoms with Gasteiger partial charge in [0.05, 0.1) is 11.4 Å². The average molecular weight is 522 g/mol. The summed E-state index contributed by atoms with van der Waals surface area (Å²) in [6, 6.07) is 5.16. The van der Waals surface area contributed by atoms with Crippen molar-refractivity contribution >= 4 is 27.4 Å². The summed E-state index contributed by atoms with van der Waals surface area (Å²) in [6.07, 6.45) is -4.52. The van der Waals surface area contributed by atoms with Crippen molar-refractivity contribution in [3.8, 4) is 5.75 Å². The van der Waals surface area contributed by atoms with Crippen LogP contribution in [0.25, 0.3) is 0 Å². The first kappa shape index (κ1) is 26.6. The van der Waals surface area contributed by atoms with E-state index in [4.69, 9.17) is 0 Å². The number of hydrogen-bond donors (Lipinski definition) is 2. The number of sulfonamides is 1. The average Bonchev–Trinajstić information content (AvgIpc) is 2.72. The highest BCUT2D eigenvalue weighted by molar-refractivity contribution is 7.89. The van der Waals surface area contributed by atoms with E-state index < -0.39 is 53.0 Å². The van der Waals surface area contributed by atoms with Crippen LogP contribution in [0.3, 0.4) is 0 Å². The largest absolute Gasteiger partial charge is 0.573 e. The van der Waals surface area contributed by atoms with E-state index in [-0.39, 0.29) is 34.9 Å². The molecule has 0 unspecified atom stereocenters. The molecule has 1 saturated heterocycles. The van der Waals surface area contributed by atoms with Crippen LogP contribution in [0.1, 0.15) is 25.3 Å². The number of piperidine rings is 1. The van der Waals surface area contributed by atoms with E-state index in [9.17, 15) is 35.2 Å². The topological polar surface area (TPSA) is 101 Å². The molecule has 0 aliphatic carbocycles. The maximum absolute atomic E-state index is 14.2. The fourth-order valence-corrected chi connectivity index (χ4v) is 5.55. The van der Waals surface area contributed by atoms with E-state index in [1.165, 1.54) is 32.0 Å². The predicted molar refractivity (Wildman–Crippen MR) is 116 cm³/mol. The Morgan fingerprint density at radius 1 is 1.26 bits per heavy atom. The maximum Gasteiger partial charge on any atom is 0.573 e. The monoisotopic (exact) mass is 522 g/mol. The van der Waals surface area contributed by atoms with E-state index >= 15 is 0 Å². The fraction of sp³-hybridized carbons (Fsp3) is 0.429. The number of carbonyl (C=O) groups excluding carboxylic acids is 1. The van der Waals surface area contributed by atoms with Crippen LogP contribution < -0.4 is 15.4 Å². The number of ether oxygens (including phenoxy) is 1. The van der Waals surface area contributed by atoms with Gasteiger partial charge in [-0.1, -0.05) is 6.07 Å². The van der Waals surface area contributed by atoms with Gasteiger partial charge in [0.2, 0.25) is 15.9 Å². The van der Waals surface area contributed by atoms with Crippen molar-refractivity contribution in [2.24, 2.45) is 0 Å². The van der Waals surface area contributed by atoms with Crippen molar-refractivity contribution in [3.63, 3.8) is 0 Å². The minimum absolute atomic E-state index is 0.0630. The zero-order chi connectivity index (χ0) is 26.0. The molecule has 0 spiro atoms. The minimum atomic E-state index is -4.91. The Balaban J connectivity index is 1.91. The number of carbonyl (C=O) groups is 1. The maximum atomic E-state index is 14.2. The molecule has 35 heavy (non-hydrogen) atoms. The van der Waals surface area contributed by atoms with E-state index in [2.05, 4.69) is 20.4 Å². The van der Waals surface area contributed by atoms with Crippen molar-refractivity contribution in [3.05, 3.63) is 42.1 Å². The van der Waals surface area contributed by atoms with Crippen LogP contribution in [0, 0.1) is 6.92 Å². The van der Waals surface area contributed by atoms with Gasteiger partial charge in [0.1, 0.15) is 11.6 Å². The molecule has 2 N–H and O–H groups in total. The number of rotatable bonds is 7. The number of anilines is 2. The third-order valence-electron chi connectivity index (χ3n) is 5.24. The summed E-state index contributed by atoms with van der Waals surface area (Å²) in [6.45, 7) is 1.54. The predicted octanol–water partition coefficient (Wildman–Crippen LogP) is 3.96. The van der Waals surface area contributed by atoms with Crippen molar-refractivity contribution in [1.29, 1.82) is 0 Å². The first-order valence-corrected chi connectivity index (χ1v) is 11.8. The summed E-state index contributed by atoms with van der Waals surface area (Å²) in [7, 11) is -4.44. The quantitative estimate of drug-likeness (QED) is 0.534. The summed E-state index contributed by atoms with van der Waals surface area (Å²) in [5, 5.41) is 5.17. The Hall–Kier alpha value is -3.00. The SMILES string of the molecule is CC(=O)NC[C@H]1CCC(F)(F)CN1S(=O)(=O)c1cc(Nc2cc(OC(F)(F)F)ccn2)ccc1C. The lowest BCUT2D eigenvalue weighted by Crippen LogP contribution is -2.54. The second-order valence-electron chi connectivity index (χ2n) is 8.07. The lowest BCUT2D eigenvalue weighted by atomic mass is 10.0. The molecule has 1 amide bonds. The summed E-state index contributed by atoms with van der Waals surface area (Å²) in [5.41, 5.74) is 0.415. The van der Waals surface area contributed by atoms with Gasteiger partial charge in [-0.3, -0.25) is 4.79 Å². The van der Waals surface area contributed by atoms with E-state index in [1.54, 1.807) is 0 Å². The highest BCUT2D eigenvalue weighted by Crippen LogP contribution is 2.35. The van der Waals surface area contributed by atoms with Crippen LogP contribution in [0.2, 0.25) is 0 Å². The lowest BCUT2D eigenvalue weighted by molar-refractivity contribution is -0.274. The molecular formula is C21H23F5N4O4S. The molecule has 0 radical (unpaired) electrons. The number of hydrogen-bond acceptors (Lipinski definition) is 6. The molecule has 0 saturated carbocycles. The fourth-order valence-electron chi connectivity index (χ4n) is 3.61. The Labute approximate surface area is 198 Å². The Bertz CT molecular complexity index is 1190. The molecule has 1 aromatic heterocycles. The summed E-state index contributed by atoms with van der Waals surface area (Å²) in [5.74, 6) is -4.27. The molecule has 2 aromatic rings. The van der Waals surface area contributed by atoms with Gasteiger partial charge in [0.15, 0.2) is 0 Å². The highest BCUT2D eigenvalue weighted by atomic mass is 32.2. The second-order valence-corrected chi connectivity index (χ2v) is 9.92. The lowest BCUT2D eigenvalue weighted by Gasteiger charge is -2.38. The van der Waals surface area contributed by atoms with Crippen LogP contribution in [0.5, 0.6) is 5.75 Å². The molecule has 8 nitrogen and oxygen atoms in total. The highest BCUT2D eigenvalue weighted by Gasteiger charge is 2.45. The number of halogens is 5. The molecule has 3 rings (SSSR count). The zero-order valence-electron chi connectivity index (χ0n) is 18.7.